The van der Waals surface area contributed by atoms with Gasteiger partial charge in [-0.25, -0.2) is 13.4 Å². The summed E-state index contributed by atoms with van der Waals surface area (Å²) >= 11 is 5.64. The van der Waals surface area contributed by atoms with Crippen LogP contribution in [-0.2, 0) is 23.5 Å². The fourth-order valence-corrected chi connectivity index (χ4v) is 6.24. The molecule has 196 valence electrons. The van der Waals surface area contributed by atoms with E-state index in [1.807, 2.05) is 7.05 Å². The molecule has 11 heteroatoms. The Hall–Kier alpha value is -2.34. The van der Waals surface area contributed by atoms with Crippen molar-refractivity contribution in [2.75, 3.05) is 39.3 Å². The van der Waals surface area contributed by atoms with Crippen molar-refractivity contribution in [2.24, 2.45) is 13.0 Å². The topological polar surface area (TPSA) is 96.3 Å². The number of sulfonamides is 1. The summed E-state index contributed by atoms with van der Waals surface area (Å²) in [5.74, 6) is 1.35. The number of nitrogens with one attached hydrogen (secondary N) is 1. The van der Waals surface area contributed by atoms with Crippen LogP contribution in [0.2, 0.25) is 0 Å². The van der Waals surface area contributed by atoms with Crippen LogP contribution in [-0.4, -0.2) is 76.7 Å². The molecule has 1 aliphatic rings. The second-order valence-electron chi connectivity index (χ2n) is 9.64. The van der Waals surface area contributed by atoms with Crippen molar-refractivity contribution < 1.29 is 13.2 Å². The molecule has 3 aromatic rings. The van der Waals surface area contributed by atoms with Gasteiger partial charge in [-0.1, -0.05) is 46.3 Å². The van der Waals surface area contributed by atoms with Crippen molar-refractivity contribution in [3.05, 3.63) is 28.5 Å². The highest BCUT2D eigenvalue weighted by atomic mass is 32.2. The zero-order valence-corrected chi connectivity index (χ0v) is 23.4. The van der Waals surface area contributed by atoms with Gasteiger partial charge in [-0.2, -0.15) is 9.40 Å². The van der Waals surface area contributed by atoms with Crippen LogP contribution in [0.4, 0.5) is 0 Å². The standard InChI is InChI=1S/C25H36N6O3S2/c1-6-8-20-22-23(29(5)28-20)25(35)27-24(26-22)19-15-18(9-10-21(19)34-16-17(3)4)36(32,33)31-13-11-30(7-2)12-14-31/h9-10,15,17H,6-8,11-14,16H2,1-5H3,(H,26,27,35). The Morgan fingerprint density at radius 2 is 1.89 bits per heavy atom. The molecule has 1 fully saturated rings. The number of aromatic nitrogens is 4. The normalized spacial score (nSPS) is 15.7. The first-order valence-corrected chi connectivity index (χ1v) is 14.5. The minimum absolute atomic E-state index is 0.223. The summed E-state index contributed by atoms with van der Waals surface area (Å²) in [6.45, 7) is 12.1. The Bertz CT molecular complexity index is 1390. The third-order valence-electron chi connectivity index (χ3n) is 6.46. The van der Waals surface area contributed by atoms with E-state index in [1.54, 1.807) is 27.2 Å². The first-order chi connectivity index (χ1) is 17.1. The third-order valence-corrected chi connectivity index (χ3v) is 8.64. The number of hydrogen-bond acceptors (Lipinski definition) is 7. The highest BCUT2D eigenvalue weighted by Crippen LogP contribution is 2.33. The number of aromatic amines is 1. The molecule has 0 saturated carbocycles. The van der Waals surface area contributed by atoms with Gasteiger partial charge < -0.3 is 14.6 Å². The summed E-state index contributed by atoms with van der Waals surface area (Å²) in [6.07, 6.45) is 1.73. The van der Waals surface area contributed by atoms with Crippen LogP contribution in [0.1, 0.15) is 39.8 Å². The average molecular weight is 533 g/mol. The molecular formula is C25H36N6O3S2. The number of nitrogens with zero attached hydrogens (tertiary/aromatic N) is 5. The Labute approximate surface area is 218 Å². The molecule has 9 nitrogen and oxygen atoms in total. The van der Waals surface area contributed by atoms with E-state index in [0.29, 0.717) is 47.4 Å². The van der Waals surface area contributed by atoms with Gasteiger partial charge in [0, 0.05) is 33.2 Å². The zero-order valence-electron chi connectivity index (χ0n) is 21.7. The number of H-pyrrole nitrogens is 1. The number of fused-ring (bicyclic) bond motifs is 1. The smallest absolute Gasteiger partial charge is 0.243 e. The minimum atomic E-state index is -3.67. The molecule has 0 bridgehead atoms. The number of benzene rings is 1. The van der Waals surface area contributed by atoms with Gasteiger partial charge in [0.25, 0.3) is 0 Å². The highest BCUT2D eigenvalue weighted by Gasteiger charge is 2.29. The fraction of sp³-hybridized carbons (Fsp3) is 0.560. The molecule has 0 spiro atoms. The molecule has 0 amide bonds. The van der Waals surface area contributed by atoms with Gasteiger partial charge in [-0.3, -0.25) is 4.68 Å². The third kappa shape index (κ3) is 5.34. The maximum absolute atomic E-state index is 13.6. The van der Waals surface area contributed by atoms with E-state index in [0.717, 1.165) is 49.2 Å². The highest BCUT2D eigenvalue weighted by molar-refractivity contribution is 7.89. The first kappa shape index (κ1) is 26.7. The Morgan fingerprint density at radius 1 is 1.17 bits per heavy atom. The number of rotatable bonds is 9. The molecular weight excluding hydrogens is 496 g/mol. The van der Waals surface area contributed by atoms with Gasteiger partial charge in [-0.15, -0.1) is 0 Å². The van der Waals surface area contributed by atoms with Crippen molar-refractivity contribution >= 4 is 33.3 Å². The first-order valence-electron chi connectivity index (χ1n) is 12.6. The van der Waals surface area contributed by atoms with E-state index in [1.165, 1.54) is 0 Å². The minimum Gasteiger partial charge on any atom is -0.493 e. The summed E-state index contributed by atoms with van der Waals surface area (Å²) in [4.78, 5) is 10.5. The van der Waals surface area contributed by atoms with Crippen molar-refractivity contribution in [2.45, 2.75) is 45.4 Å². The van der Waals surface area contributed by atoms with Gasteiger partial charge in [0.05, 0.1) is 28.3 Å². The Kier molecular flexibility index (Phi) is 8.13. The van der Waals surface area contributed by atoms with E-state index >= 15 is 0 Å². The van der Waals surface area contributed by atoms with Gasteiger partial charge in [0.2, 0.25) is 10.0 Å². The maximum atomic E-state index is 13.6. The summed E-state index contributed by atoms with van der Waals surface area (Å²) in [7, 11) is -1.81. The summed E-state index contributed by atoms with van der Waals surface area (Å²) in [5, 5.41) is 4.63. The number of hydrogen-bond donors (Lipinski definition) is 1. The number of likely N-dealkylation sites (N-methyl/N-ethyl adjacent to an activating group) is 1. The quantitative estimate of drug-likeness (QED) is 0.416. The van der Waals surface area contributed by atoms with Gasteiger partial charge in [0.1, 0.15) is 17.1 Å². The molecule has 0 unspecified atom stereocenters. The molecule has 4 rings (SSSR count). The molecule has 1 aromatic carbocycles. The monoisotopic (exact) mass is 532 g/mol. The molecule has 1 aliphatic heterocycles. The molecule has 0 radical (unpaired) electrons. The largest absolute Gasteiger partial charge is 0.493 e. The summed E-state index contributed by atoms with van der Waals surface area (Å²) < 4.78 is 37.0. The van der Waals surface area contributed by atoms with Gasteiger partial charge in [0.15, 0.2) is 4.64 Å². The Morgan fingerprint density at radius 3 is 2.53 bits per heavy atom. The Balaban J connectivity index is 1.82. The van der Waals surface area contributed by atoms with Crippen LogP contribution < -0.4 is 4.74 Å². The molecule has 3 heterocycles. The zero-order chi connectivity index (χ0) is 26.0. The van der Waals surface area contributed by atoms with E-state index in [9.17, 15) is 8.42 Å². The predicted octanol–water partition coefficient (Wildman–Crippen LogP) is 4.01. The van der Waals surface area contributed by atoms with E-state index in [2.05, 4.69) is 47.7 Å². The number of ether oxygens (including phenoxy) is 1. The van der Waals surface area contributed by atoms with Crippen LogP contribution in [0.25, 0.3) is 22.4 Å². The predicted molar refractivity (Wildman–Crippen MR) is 144 cm³/mol. The molecule has 1 N–H and O–H groups in total. The van der Waals surface area contributed by atoms with E-state index in [4.69, 9.17) is 17.0 Å². The van der Waals surface area contributed by atoms with E-state index < -0.39 is 10.0 Å². The number of aryl methyl sites for hydroxylation is 2. The lowest BCUT2D eigenvalue weighted by Crippen LogP contribution is -2.48. The second kappa shape index (κ2) is 11.0. The molecule has 36 heavy (non-hydrogen) atoms. The van der Waals surface area contributed by atoms with Gasteiger partial charge in [-0.05, 0) is 37.1 Å². The second-order valence-corrected chi connectivity index (χ2v) is 12.0. The van der Waals surface area contributed by atoms with E-state index in [-0.39, 0.29) is 4.90 Å². The van der Waals surface area contributed by atoms with Gasteiger partial charge >= 0.3 is 0 Å². The van der Waals surface area contributed by atoms with Crippen LogP contribution in [0.5, 0.6) is 5.75 Å². The van der Waals surface area contributed by atoms with Crippen LogP contribution >= 0.6 is 12.2 Å². The van der Waals surface area contributed by atoms with Crippen LogP contribution in [0, 0.1) is 10.6 Å². The SMILES string of the molecule is CCCc1nn(C)c2c(=S)nc(-c3cc(S(=O)(=O)N4CCN(CC)CC4)ccc3OCC(C)C)[nH]c12. The van der Waals surface area contributed by atoms with Crippen molar-refractivity contribution in [1.29, 1.82) is 0 Å². The fourth-order valence-electron chi connectivity index (χ4n) is 4.47. The van der Waals surface area contributed by atoms with Crippen molar-refractivity contribution in [1.82, 2.24) is 29.0 Å². The molecule has 1 saturated heterocycles. The summed E-state index contributed by atoms with van der Waals surface area (Å²) in [6, 6.07) is 5.01. The lowest BCUT2D eigenvalue weighted by atomic mass is 10.1. The molecule has 0 atom stereocenters. The molecule has 0 aliphatic carbocycles. The van der Waals surface area contributed by atoms with Crippen LogP contribution in [0.15, 0.2) is 23.1 Å². The average Bonchev–Trinajstić information content (AvgIpc) is 3.18. The van der Waals surface area contributed by atoms with Crippen LogP contribution in [0.3, 0.4) is 0 Å². The lowest BCUT2D eigenvalue weighted by Gasteiger charge is -2.33. The number of piperazine rings is 1. The molecule has 2 aromatic heterocycles. The summed E-state index contributed by atoms with van der Waals surface area (Å²) in [5.41, 5.74) is 3.07. The van der Waals surface area contributed by atoms with Crippen molar-refractivity contribution in [3.8, 4) is 17.1 Å². The lowest BCUT2D eigenvalue weighted by molar-refractivity contribution is 0.196. The maximum Gasteiger partial charge on any atom is 0.243 e. The van der Waals surface area contributed by atoms with Crippen molar-refractivity contribution in [3.63, 3.8) is 0 Å².